The van der Waals surface area contributed by atoms with E-state index in [4.69, 9.17) is 4.74 Å². The van der Waals surface area contributed by atoms with Crippen molar-refractivity contribution in [1.82, 2.24) is 5.32 Å². The summed E-state index contributed by atoms with van der Waals surface area (Å²) in [6.45, 7) is 0.688. The zero-order chi connectivity index (χ0) is 17.7. The molecule has 2 saturated carbocycles. The third-order valence-corrected chi connectivity index (χ3v) is 6.09. The highest BCUT2D eigenvalue weighted by Gasteiger charge is 2.41. The topological polar surface area (TPSA) is 58.6 Å². The fourth-order valence-corrected chi connectivity index (χ4v) is 4.57. The lowest BCUT2D eigenvalue weighted by molar-refractivity contribution is -0.128. The number of aliphatic hydroxyl groups is 1. The SMILES string of the molecule is COc1ccc(C2(C(=O)NCC3CCCC(O)C3)CCCCC2)cc1. The van der Waals surface area contributed by atoms with E-state index >= 15 is 0 Å². The summed E-state index contributed by atoms with van der Waals surface area (Å²) in [4.78, 5) is 13.2. The molecule has 0 saturated heterocycles. The Bertz CT molecular complexity index is 563. The van der Waals surface area contributed by atoms with Gasteiger partial charge in [0.15, 0.2) is 0 Å². The molecule has 1 aromatic rings. The molecular formula is C21H31NO3. The molecule has 0 spiro atoms. The number of methoxy groups -OCH3 is 1. The van der Waals surface area contributed by atoms with Gasteiger partial charge < -0.3 is 15.2 Å². The normalized spacial score (nSPS) is 26.0. The lowest BCUT2D eigenvalue weighted by Crippen LogP contribution is -2.47. The van der Waals surface area contributed by atoms with Gasteiger partial charge in [-0.3, -0.25) is 4.79 Å². The first kappa shape index (κ1) is 18.2. The molecule has 1 amide bonds. The second kappa shape index (κ2) is 8.22. The molecular weight excluding hydrogens is 314 g/mol. The van der Waals surface area contributed by atoms with Gasteiger partial charge in [-0.05, 0) is 55.7 Å². The van der Waals surface area contributed by atoms with Crippen molar-refractivity contribution in [2.24, 2.45) is 5.92 Å². The van der Waals surface area contributed by atoms with Crippen LogP contribution in [0.25, 0.3) is 0 Å². The van der Waals surface area contributed by atoms with Crippen molar-refractivity contribution < 1.29 is 14.6 Å². The highest BCUT2D eigenvalue weighted by molar-refractivity contribution is 5.88. The molecule has 25 heavy (non-hydrogen) atoms. The maximum absolute atomic E-state index is 13.2. The first-order valence-electron chi connectivity index (χ1n) is 9.75. The summed E-state index contributed by atoms with van der Waals surface area (Å²) in [5.41, 5.74) is 0.701. The van der Waals surface area contributed by atoms with Crippen LogP contribution >= 0.6 is 0 Å². The molecule has 0 bridgehead atoms. The molecule has 4 heteroatoms. The highest BCUT2D eigenvalue weighted by Crippen LogP contribution is 2.40. The predicted molar refractivity (Wildman–Crippen MR) is 98.7 cm³/mol. The van der Waals surface area contributed by atoms with E-state index in [1.54, 1.807) is 7.11 Å². The molecule has 0 heterocycles. The summed E-state index contributed by atoms with van der Waals surface area (Å²) in [5.74, 6) is 1.40. The fraction of sp³-hybridized carbons (Fsp3) is 0.667. The van der Waals surface area contributed by atoms with Gasteiger partial charge in [-0.1, -0.05) is 37.8 Å². The third kappa shape index (κ3) is 4.17. The Morgan fingerprint density at radius 2 is 1.88 bits per heavy atom. The number of carbonyl (C=O) groups excluding carboxylic acids is 1. The van der Waals surface area contributed by atoms with Crippen LogP contribution in [0.5, 0.6) is 5.75 Å². The molecule has 0 radical (unpaired) electrons. The zero-order valence-corrected chi connectivity index (χ0v) is 15.3. The van der Waals surface area contributed by atoms with Gasteiger partial charge in [0.2, 0.25) is 5.91 Å². The minimum Gasteiger partial charge on any atom is -0.497 e. The van der Waals surface area contributed by atoms with Crippen LogP contribution in [-0.2, 0) is 10.2 Å². The van der Waals surface area contributed by atoms with Crippen molar-refractivity contribution in [1.29, 1.82) is 0 Å². The number of nitrogens with one attached hydrogen (secondary N) is 1. The molecule has 3 rings (SSSR count). The van der Waals surface area contributed by atoms with E-state index in [1.165, 1.54) is 6.42 Å². The largest absolute Gasteiger partial charge is 0.497 e. The predicted octanol–water partition coefficient (Wildman–Crippen LogP) is 3.56. The number of benzene rings is 1. The molecule has 4 nitrogen and oxygen atoms in total. The molecule has 2 aliphatic rings. The number of hydrogen-bond acceptors (Lipinski definition) is 3. The summed E-state index contributed by atoms with van der Waals surface area (Å²) in [6.07, 6.45) is 8.93. The summed E-state index contributed by atoms with van der Waals surface area (Å²) < 4.78 is 5.26. The van der Waals surface area contributed by atoms with Crippen LogP contribution in [0.4, 0.5) is 0 Å². The van der Waals surface area contributed by atoms with Crippen molar-refractivity contribution in [3.8, 4) is 5.75 Å². The first-order chi connectivity index (χ1) is 12.1. The van der Waals surface area contributed by atoms with E-state index in [-0.39, 0.29) is 12.0 Å². The van der Waals surface area contributed by atoms with E-state index in [9.17, 15) is 9.90 Å². The molecule has 0 aromatic heterocycles. The average molecular weight is 345 g/mol. The quantitative estimate of drug-likeness (QED) is 0.858. The van der Waals surface area contributed by atoms with Crippen LogP contribution < -0.4 is 10.1 Å². The summed E-state index contributed by atoms with van der Waals surface area (Å²) >= 11 is 0. The molecule has 2 aliphatic carbocycles. The second-order valence-corrected chi connectivity index (χ2v) is 7.77. The van der Waals surface area contributed by atoms with Crippen LogP contribution in [0.1, 0.15) is 63.4 Å². The van der Waals surface area contributed by atoms with E-state index in [2.05, 4.69) is 5.32 Å². The summed E-state index contributed by atoms with van der Waals surface area (Å²) in [6, 6.07) is 8.01. The minimum absolute atomic E-state index is 0.164. The molecule has 2 N–H and O–H groups in total. The van der Waals surface area contributed by atoms with Crippen LogP contribution in [0, 0.1) is 5.92 Å². The number of aliphatic hydroxyl groups excluding tert-OH is 1. The van der Waals surface area contributed by atoms with E-state index < -0.39 is 5.41 Å². The van der Waals surface area contributed by atoms with Gasteiger partial charge in [0.25, 0.3) is 0 Å². The van der Waals surface area contributed by atoms with Gasteiger partial charge in [0, 0.05) is 6.54 Å². The Kier molecular flexibility index (Phi) is 6.00. The van der Waals surface area contributed by atoms with E-state index in [0.717, 1.165) is 62.7 Å². The summed E-state index contributed by atoms with van der Waals surface area (Å²) in [5, 5.41) is 13.1. The smallest absolute Gasteiger partial charge is 0.230 e. The average Bonchev–Trinajstić information content (AvgIpc) is 2.67. The Morgan fingerprint density at radius 3 is 2.52 bits per heavy atom. The highest BCUT2D eigenvalue weighted by atomic mass is 16.5. The molecule has 2 fully saturated rings. The summed E-state index contributed by atoms with van der Waals surface area (Å²) in [7, 11) is 1.66. The number of carbonyl (C=O) groups is 1. The Labute approximate surface area is 151 Å². The van der Waals surface area contributed by atoms with Gasteiger partial charge >= 0.3 is 0 Å². The van der Waals surface area contributed by atoms with Crippen molar-refractivity contribution in [3.63, 3.8) is 0 Å². The Morgan fingerprint density at radius 1 is 1.16 bits per heavy atom. The van der Waals surface area contributed by atoms with Gasteiger partial charge in [-0.15, -0.1) is 0 Å². The zero-order valence-electron chi connectivity index (χ0n) is 15.3. The monoisotopic (exact) mass is 345 g/mol. The number of amides is 1. The standard InChI is InChI=1S/C21H31NO3/c1-25-19-10-8-17(9-11-19)21(12-3-2-4-13-21)20(24)22-15-16-6-5-7-18(23)14-16/h8-11,16,18,23H,2-7,12-15H2,1H3,(H,22,24). The van der Waals surface area contributed by atoms with Gasteiger partial charge in [-0.2, -0.15) is 0 Å². The van der Waals surface area contributed by atoms with Crippen molar-refractivity contribution in [2.75, 3.05) is 13.7 Å². The maximum atomic E-state index is 13.2. The van der Waals surface area contributed by atoms with Gasteiger partial charge in [-0.25, -0.2) is 0 Å². The number of rotatable bonds is 5. The van der Waals surface area contributed by atoms with E-state index in [1.807, 2.05) is 24.3 Å². The number of ether oxygens (including phenoxy) is 1. The minimum atomic E-state index is -0.405. The van der Waals surface area contributed by atoms with Gasteiger partial charge in [0.1, 0.15) is 5.75 Å². The Balaban J connectivity index is 1.71. The lowest BCUT2D eigenvalue weighted by Gasteiger charge is -2.37. The van der Waals surface area contributed by atoms with Crippen LogP contribution in [0.3, 0.4) is 0 Å². The van der Waals surface area contributed by atoms with Crippen molar-refractivity contribution >= 4 is 5.91 Å². The van der Waals surface area contributed by atoms with Crippen molar-refractivity contribution in [2.45, 2.75) is 69.3 Å². The van der Waals surface area contributed by atoms with Crippen LogP contribution in [-0.4, -0.2) is 30.8 Å². The van der Waals surface area contributed by atoms with Gasteiger partial charge in [0.05, 0.1) is 18.6 Å². The van der Waals surface area contributed by atoms with Crippen LogP contribution in [0.2, 0.25) is 0 Å². The lowest BCUT2D eigenvalue weighted by atomic mass is 9.68. The van der Waals surface area contributed by atoms with Crippen LogP contribution in [0.15, 0.2) is 24.3 Å². The third-order valence-electron chi connectivity index (χ3n) is 6.09. The maximum Gasteiger partial charge on any atom is 0.230 e. The molecule has 2 unspecified atom stereocenters. The molecule has 1 aromatic carbocycles. The molecule has 0 aliphatic heterocycles. The first-order valence-corrected chi connectivity index (χ1v) is 9.75. The Hall–Kier alpha value is -1.55. The molecule has 2 atom stereocenters. The molecule has 138 valence electrons. The number of hydrogen-bond donors (Lipinski definition) is 2. The van der Waals surface area contributed by atoms with E-state index in [0.29, 0.717) is 12.5 Å². The second-order valence-electron chi connectivity index (χ2n) is 7.77. The fourth-order valence-electron chi connectivity index (χ4n) is 4.57. The van der Waals surface area contributed by atoms with Crippen molar-refractivity contribution in [3.05, 3.63) is 29.8 Å².